The standard InChI is InChI=1S/C17H25FN2O4S/c1-17(2,3)24-16(21)19-11-8-9-12(18)14(10-11)20-13-6-5-7-15(13)25(4,22)23/h8-10,13,15,20H,5-7H2,1-4H3,(H,19,21). The van der Waals surface area contributed by atoms with E-state index in [0.29, 0.717) is 18.5 Å². The summed E-state index contributed by atoms with van der Waals surface area (Å²) in [5.74, 6) is -0.506. The highest BCUT2D eigenvalue weighted by Crippen LogP contribution is 2.30. The van der Waals surface area contributed by atoms with Crippen molar-refractivity contribution in [3.05, 3.63) is 24.0 Å². The lowest BCUT2D eigenvalue weighted by molar-refractivity contribution is 0.0636. The Kier molecular flexibility index (Phi) is 5.61. The first-order chi connectivity index (χ1) is 11.5. The lowest BCUT2D eigenvalue weighted by atomic mass is 10.2. The van der Waals surface area contributed by atoms with Gasteiger partial charge >= 0.3 is 6.09 Å². The number of sulfone groups is 1. The normalized spacial score (nSPS) is 21.0. The molecule has 0 bridgehead atoms. The molecule has 1 fully saturated rings. The van der Waals surface area contributed by atoms with Crippen LogP contribution in [-0.4, -0.2) is 37.7 Å². The smallest absolute Gasteiger partial charge is 0.412 e. The quantitative estimate of drug-likeness (QED) is 0.844. The van der Waals surface area contributed by atoms with Gasteiger partial charge in [-0.05, 0) is 58.2 Å². The van der Waals surface area contributed by atoms with E-state index in [1.54, 1.807) is 20.8 Å². The largest absolute Gasteiger partial charge is 0.444 e. The van der Waals surface area contributed by atoms with Gasteiger partial charge in [-0.3, -0.25) is 5.32 Å². The van der Waals surface area contributed by atoms with Gasteiger partial charge in [-0.15, -0.1) is 0 Å². The number of halogens is 1. The molecule has 1 saturated carbocycles. The van der Waals surface area contributed by atoms with E-state index in [1.165, 1.54) is 24.5 Å². The summed E-state index contributed by atoms with van der Waals surface area (Å²) < 4.78 is 43.0. The maximum atomic E-state index is 14.1. The lowest BCUT2D eigenvalue weighted by Gasteiger charge is -2.22. The zero-order valence-corrected chi connectivity index (χ0v) is 15.7. The average Bonchev–Trinajstić information content (AvgIpc) is 2.88. The molecule has 1 amide bonds. The van der Waals surface area contributed by atoms with Gasteiger partial charge in [-0.2, -0.15) is 0 Å². The predicted molar refractivity (Wildman–Crippen MR) is 96.2 cm³/mol. The molecule has 1 aliphatic carbocycles. The highest BCUT2D eigenvalue weighted by atomic mass is 32.2. The van der Waals surface area contributed by atoms with Crippen LogP contribution in [0.2, 0.25) is 0 Å². The van der Waals surface area contributed by atoms with Crippen molar-refractivity contribution in [2.24, 2.45) is 0 Å². The number of carbonyl (C=O) groups is 1. The van der Waals surface area contributed by atoms with Crippen LogP contribution in [-0.2, 0) is 14.6 Å². The Bertz CT molecular complexity index is 744. The van der Waals surface area contributed by atoms with E-state index in [1.807, 2.05) is 0 Å². The number of benzene rings is 1. The minimum absolute atomic E-state index is 0.161. The Morgan fingerprint density at radius 3 is 2.56 bits per heavy atom. The Labute approximate surface area is 148 Å². The number of rotatable bonds is 4. The van der Waals surface area contributed by atoms with Gasteiger partial charge in [-0.1, -0.05) is 0 Å². The molecular weight excluding hydrogens is 347 g/mol. The summed E-state index contributed by atoms with van der Waals surface area (Å²) in [4.78, 5) is 11.8. The maximum Gasteiger partial charge on any atom is 0.412 e. The van der Waals surface area contributed by atoms with Gasteiger partial charge in [-0.25, -0.2) is 17.6 Å². The minimum atomic E-state index is -3.21. The molecule has 0 spiro atoms. The third kappa shape index (κ3) is 5.59. The summed E-state index contributed by atoms with van der Waals surface area (Å²) >= 11 is 0. The Morgan fingerprint density at radius 2 is 1.96 bits per heavy atom. The summed E-state index contributed by atoms with van der Waals surface area (Å²) in [7, 11) is -3.21. The fourth-order valence-electron chi connectivity index (χ4n) is 2.94. The van der Waals surface area contributed by atoms with E-state index < -0.39 is 32.6 Å². The molecule has 0 aromatic heterocycles. The second kappa shape index (κ2) is 7.19. The fraction of sp³-hybridized carbons (Fsp3) is 0.588. The van der Waals surface area contributed by atoms with E-state index in [2.05, 4.69) is 10.6 Å². The molecular formula is C17H25FN2O4S. The summed E-state index contributed by atoms with van der Waals surface area (Å²) in [6.07, 6.45) is 2.55. The maximum absolute atomic E-state index is 14.1. The fourth-order valence-corrected chi connectivity index (χ4v) is 4.33. The number of nitrogens with one attached hydrogen (secondary N) is 2. The molecule has 0 heterocycles. The Hall–Kier alpha value is -1.83. The summed E-state index contributed by atoms with van der Waals surface area (Å²) in [6, 6.07) is 3.74. The van der Waals surface area contributed by atoms with Crippen LogP contribution in [0.25, 0.3) is 0 Å². The molecule has 1 aromatic carbocycles. The van der Waals surface area contributed by atoms with Gasteiger partial charge in [0, 0.05) is 18.0 Å². The lowest BCUT2D eigenvalue weighted by Crippen LogP contribution is -2.34. The third-order valence-corrected chi connectivity index (χ3v) is 5.62. The van der Waals surface area contributed by atoms with Crippen molar-refractivity contribution < 1.29 is 22.3 Å². The monoisotopic (exact) mass is 372 g/mol. The SMILES string of the molecule is CC(C)(C)OC(=O)Nc1ccc(F)c(NC2CCCC2S(C)(=O)=O)c1. The van der Waals surface area contributed by atoms with E-state index in [9.17, 15) is 17.6 Å². The molecule has 6 nitrogen and oxygen atoms in total. The molecule has 25 heavy (non-hydrogen) atoms. The van der Waals surface area contributed by atoms with Crippen LogP contribution in [0.15, 0.2) is 18.2 Å². The molecule has 0 saturated heterocycles. The predicted octanol–water partition coefficient (Wildman–Crippen LogP) is 3.55. The second-order valence-corrected chi connectivity index (χ2v) is 9.64. The molecule has 8 heteroatoms. The van der Waals surface area contributed by atoms with Crippen LogP contribution in [0, 0.1) is 5.82 Å². The van der Waals surface area contributed by atoms with Crippen LogP contribution >= 0.6 is 0 Å². The molecule has 1 aromatic rings. The average molecular weight is 372 g/mol. The van der Waals surface area contributed by atoms with Crippen LogP contribution in [0.3, 0.4) is 0 Å². The van der Waals surface area contributed by atoms with Gasteiger partial charge in [0.1, 0.15) is 11.4 Å². The highest BCUT2D eigenvalue weighted by Gasteiger charge is 2.35. The number of carbonyl (C=O) groups excluding carboxylic acids is 1. The number of ether oxygens (including phenoxy) is 1. The Balaban J connectivity index is 2.13. The van der Waals surface area contributed by atoms with Crippen molar-refractivity contribution in [1.29, 1.82) is 0 Å². The van der Waals surface area contributed by atoms with Gasteiger partial charge in [0.05, 0.1) is 10.9 Å². The van der Waals surface area contributed by atoms with Crippen molar-refractivity contribution in [1.82, 2.24) is 0 Å². The van der Waals surface area contributed by atoms with Crippen LogP contribution in [0.4, 0.5) is 20.6 Å². The zero-order chi connectivity index (χ0) is 18.8. The number of hydrogen-bond acceptors (Lipinski definition) is 5. The topological polar surface area (TPSA) is 84.5 Å². The van der Waals surface area contributed by atoms with E-state index >= 15 is 0 Å². The molecule has 1 aliphatic rings. The van der Waals surface area contributed by atoms with E-state index in [-0.39, 0.29) is 11.7 Å². The first-order valence-electron chi connectivity index (χ1n) is 8.21. The van der Waals surface area contributed by atoms with Crippen molar-refractivity contribution in [2.75, 3.05) is 16.9 Å². The van der Waals surface area contributed by atoms with E-state index in [0.717, 1.165) is 6.42 Å². The first-order valence-corrected chi connectivity index (χ1v) is 10.2. The molecule has 2 N–H and O–H groups in total. The summed E-state index contributed by atoms with van der Waals surface area (Å²) in [6.45, 7) is 5.24. The third-order valence-electron chi connectivity index (χ3n) is 3.96. The molecule has 2 unspecified atom stereocenters. The second-order valence-electron chi connectivity index (χ2n) is 7.37. The van der Waals surface area contributed by atoms with Crippen LogP contribution in [0.1, 0.15) is 40.0 Å². The van der Waals surface area contributed by atoms with Crippen molar-refractivity contribution in [3.8, 4) is 0 Å². The van der Waals surface area contributed by atoms with Crippen molar-refractivity contribution >= 4 is 27.3 Å². The molecule has 2 rings (SSSR count). The first kappa shape index (κ1) is 19.5. The van der Waals surface area contributed by atoms with E-state index in [4.69, 9.17) is 4.74 Å². The molecule has 0 aliphatic heterocycles. The highest BCUT2D eigenvalue weighted by molar-refractivity contribution is 7.91. The molecule has 140 valence electrons. The zero-order valence-electron chi connectivity index (χ0n) is 14.9. The van der Waals surface area contributed by atoms with Gasteiger partial charge in [0.25, 0.3) is 0 Å². The van der Waals surface area contributed by atoms with Gasteiger partial charge < -0.3 is 10.1 Å². The number of anilines is 2. The van der Waals surface area contributed by atoms with Gasteiger partial charge in [0.15, 0.2) is 9.84 Å². The van der Waals surface area contributed by atoms with Gasteiger partial charge in [0.2, 0.25) is 0 Å². The molecule has 2 atom stereocenters. The van der Waals surface area contributed by atoms with Crippen LogP contribution in [0.5, 0.6) is 0 Å². The number of hydrogen-bond donors (Lipinski definition) is 2. The minimum Gasteiger partial charge on any atom is -0.444 e. The summed E-state index contributed by atoms with van der Waals surface area (Å²) in [5, 5.41) is 4.99. The molecule has 0 radical (unpaired) electrons. The van der Waals surface area contributed by atoms with Crippen molar-refractivity contribution in [3.63, 3.8) is 0 Å². The van der Waals surface area contributed by atoms with Crippen LogP contribution < -0.4 is 10.6 Å². The van der Waals surface area contributed by atoms with Crippen molar-refractivity contribution in [2.45, 2.75) is 56.9 Å². The Morgan fingerprint density at radius 1 is 1.28 bits per heavy atom. The summed E-state index contributed by atoms with van der Waals surface area (Å²) in [5.41, 5.74) is -0.112. The number of amides is 1.